The Bertz CT molecular complexity index is 605. The second-order valence-corrected chi connectivity index (χ2v) is 9.26. The van der Waals surface area contributed by atoms with Gasteiger partial charge in [0.15, 0.2) is 0 Å². The summed E-state index contributed by atoms with van der Waals surface area (Å²) in [5.74, 6) is 0.351. The molecule has 0 saturated heterocycles. The van der Waals surface area contributed by atoms with E-state index in [9.17, 15) is 5.11 Å². The molecule has 3 nitrogen and oxygen atoms in total. The third-order valence-electron chi connectivity index (χ3n) is 5.00. The summed E-state index contributed by atoms with van der Waals surface area (Å²) in [6, 6.07) is 4.53. The summed E-state index contributed by atoms with van der Waals surface area (Å²) >= 11 is 0. The normalized spacial score (nSPS) is 23.0. The van der Waals surface area contributed by atoms with E-state index in [1.54, 1.807) is 0 Å². The van der Waals surface area contributed by atoms with Gasteiger partial charge in [-0.2, -0.15) is 0 Å². The third-order valence-corrected chi connectivity index (χ3v) is 5.00. The first kappa shape index (κ1) is 19.0. The molecule has 0 heterocycles. The zero-order valence-electron chi connectivity index (χ0n) is 16.2. The third kappa shape index (κ3) is 4.38. The van der Waals surface area contributed by atoms with E-state index < -0.39 is 0 Å². The molecule has 2 atom stereocenters. The lowest BCUT2D eigenvalue weighted by Gasteiger charge is -2.27. The topological polar surface area (TPSA) is 58.6 Å². The Morgan fingerprint density at radius 3 is 2.21 bits per heavy atom. The van der Waals surface area contributed by atoms with Crippen LogP contribution in [-0.4, -0.2) is 23.4 Å². The molecule has 3 N–H and O–H groups in total. The van der Waals surface area contributed by atoms with Gasteiger partial charge in [-0.3, -0.25) is 4.99 Å². The molecule has 1 fully saturated rings. The Hall–Kier alpha value is -1.35. The number of phenols is 1. The van der Waals surface area contributed by atoms with Gasteiger partial charge >= 0.3 is 0 Å². The minimum atomic E-state index is -0.116. The Labute approximate surface area is 147 Å². The van der Waals surface area contributed by atoms with Crippen LogP contribution < -0.4 is 5.73 Å². The molecule has 2 rings (SSSR count). The summed E-state index contributed by atoms with van der Waals surface area (Å²) in [5, 5.41) is 10.8. The van der Waals surface area contributed by atoms with Crippen LogP contribution in [0.2, 0.25) is 0 Å². The van der Waals surface area contributed by atoms with E-state index in [1.807, 2.05) is 6.21 Å². The molecule has 0 aromatic heterocycles. The summed E-state index contributed by atoms with van der Waals surface area (Å²) < 4.78 is 0. The summed E-state index contributed by atoms with van der Waals surface area (Å²) in [4.78, 5) is 4.73. The fourth-order valence-electron chi connectivity index (χ4n) is 3.26. The average Bonchev–Trinajstić information content (AvgIpc) is 2.45. The highest BCUT2D eigenvalue weighted by Crippen LogP contribution is 2.37. The van der Waals surface area contributed by atoms with Crippen LogP contribution >= 0.6 is 0 Å². The highest BCUT2D eigenvalue weighted by molar-refractivity contribution is 5.85. The number of aliphatic imine (C=N–C) groups is 1. The van der Waals surface area contributed by atoms with E-state index in [1.165, 1.54) is 18.4 Å². The van der Waals surface area contributed by atoms with Crippen LogP contribution in [0.4, 0.5) is 0 Å². The van der Waals surface area contributed by atoms with Crippen molar-refractivity contribution in [3.8, 4) is 5.75 Å². The van der Waals surface area contributed by atoms with Crippen LogP contribution in [0.3, 0.4) is 0 Å². The lowest BCUT2D eigenvalue weighted by Crippen LogP contribution is -2.36. The van der Waals surface area contributed by atoms with E-state index in [0.29, 0.717) is 5.75 Å². The highest BCUT2D eigenvalue weighted by Gasteiger charge is 2.25. The molecule has 0 aliphatic heterocycles. The molecule has 3 heteroatoms. The Morgan fingerprint density at radius 2 is 1.67 bits per heavy atom. The number of benzene rings is 1. The first-order valence-corrected chi connectivity index (χ1v) is 9.17. The van der Waals surface area contributed by atoms with Gasteiger partial charge in [0.1, 0.15) is 5.75 Å². The second-order valence-electron chi connectivity index (χ2n) is 9.26. The van der Waals surface area contributed by atoms with Gasteiger partial charge in [0.05, 0.1) is 6.04 Å². The van der Waals surface area contributed by atoms with E-state index >= 15 is 0 Å². The van der Waals surface area contributed by atoms with Crippen molar-refractivity contribution >= 4 is 6.21 Å². The zero-order valence-corrected chi connectivity index (χ0v) is 16.2. The summed E-state index contributed by atoms with van der Waals surface area (Å²) in [6.45, 7) is 13.0. The largest absolute Gasteiger partial charge is 0.507 e. The monoisotopic (exact) mass is 330 g/mol. The summed E-state index contributed by atoms with van der Waals surface area (Å²) in [5.41, 5.74) is 9.12. The second kappa shape index (κ2) is 6.87. The Balaban J connectivity index is 2.44. The van der Waals surface area contributed by atoms with Crippen molar-refractivity contribution in [3.63, 3.8) is 0 Å². The Morgan fingerprint density at radius 1 is 1.04 bits per heavy atom. The summed E-state index contributed by atoms with van der Waals surface area (Å²) in [6.07, 6.45) is 6.32. The van der Waals surface area contributed by atoms with Crippen molar-refractivity contribution < 1.29 is 5.11 Å². The van der Waals surface area contributed by atoms with Crippen molar-refractivity contribution in [3.05, 3.63) is 28.8 Å². The number of phenolic OH excluding ortho intramolecular Hbond substituents is 1. The molecule has 0 spiro atoms. The molecular weight excluding hydrogens is 296 g/mol. The van der Waals surface area contributed by atoms with Crippen molar-refractivity contribution in [2.45, 2.75) is 90.1 Å². The van der Waals surface area contributed by atoms with Gasteiger partial charge < -0.3 is 10.8 Å². The molecule has 1 aliphatic carbocycles. The van der Waals surface area contributed by atoms with Crippen LogP contribution in [0.1, 0.15) is 83.9 Å². The number of hydrogen-bond donors (Lipinski definition) is 2. The first-order valence-electron chi connectivity index (χ1n) is 9.17. The smallest absolute Gasteiger partial charge is 0.128 e. The molecule has 24 heavy (non-hydrogen) atoms. The Kier molecular flexibility index (Phi) is 5.44. The van der Waals surface area contributed by atoms with Crippen molar-refractivity contribution in [2.24, 2.45) is 10.7 Å². The van der Waals surface area contributed by atoms with Crippen LogP contribution in [-0.2, 0) is 10.8 Å². The number of aromatic hydroxyl groups is 1. The molecule has 0 unspecified atom stereocenters. The predicted molar refractivity (Wildman–Crippen MR) is 103 cm³/mol. The highest BCUT2D eigenvalue weighted by atomic mass is 16.3. The minimum Gasteiger partial charge on any atom is -0.507 e. The van der Waals surface area contributed by atoms with Gasteiger partial charge in [-0.1, -0.05) is 60.5 Å². The lowest BCUT2D eigenvalue weighted by molar-refractivity contribution is 0.387. The van der Waals surface area contributed by atoms with E-state index in [4.69, 9.17) is 10.7 Å². The van der Waals surface area contributed by atoms with Gasteiger partial charge in [-0.15, -0.1) is 0 Å². The van der Waals surface area contributed by atoms with Gasteiger partial charge in [-0.25, -0.2) is 0 Å². The molecule has 1 aromatic carbocycles. The molecule has 1 saturated carbocycles. The fourth-order valence-corrected chi connectivity index (χ4v) is 3.26. The molecule has 0 bridgehead atoms. The van der Waals surface area contributed by atoms with Crippen molar-refractivity contribution in [2.75, 3.05) is 0 Å². The maximum Gasteiger partial charge on any atom is 0.128 e. The lowest BCUT2D eigenvalue weighted by atomic mass is 9.79. The zero-order chi connectivity index (χ0) is 18.1. The van der Waals surface area contributed by atoms with Crippen LogP contribution in [0.25, 0.3) is 0 Å². The van der Waals surface area contributed by atoms with Crippen LogP contribution in [0, 0.1) is 0 Å². The SMILES string of the molecule is CC(C)(C)c1cc(/C=N/[C@H]2CCCC[C@@H]2N)c(O)c(C(C)(C)C)c1. The predicted octanol–water partition coefficient (Wildman–Crippen LogP) is 4.68. The molecule has 0 radical (unpaired) electrons. The standard InChI is InChI=1S/C21H34N2O/c1-20(2,3)15-11-14(19(24)16(12-15)21(4,5)6)13-23-18-10-8-7-9-17(18)22/h11-13,17-18,24H,7-10,22H2,1-6H3/b23-13+/t17-,18-/m0/s1. The van der Waals surface area contributed by atoms with Gasteiger partial charge in [0.25, 0.3) is 0 Å². The maximum absolute atomic E-state index is 10.8. The molecule has 1 aliphatic rings. The minimum absolute atomic E-state index is 0.0253. The number of rotatable bonds is 2. The quantitative estimate of drug-likeness (QED) is 0.774. The number of nitrogens with zero attached hydrogens (tertiary/aromatic N) is 1. The van der Waals surface area contributed by atoms with Gasteiger partial charge in [0, 0.05) is 23.4 Å². The number of hydrogen-bond acceptors (Lipinski definition) is 3. The molecular formula is C21H34N2O. The van der Waals surface area contributed by atoms with E-state index in [0.717, 1.165) is 24.0 Å². The van der Waals surface area contributed by atoms with Gasteiger partial charge in [0.2, 0.25) is 0 Å². The molecule has 1 aromatic rings. The van der Waals surface area contributed by atoms with Crippen LogP contribution in [0.15, 0.2) is 17.1 Å². The van der Waals surface area contributed by atoms with Crippen molar-refractivity contribution in [1.29, 1.82) is 0 Å². The maximum atomic E-state index is 10.8. The molecule has 0 amide bonds. The van der Waals surface area contributed by atoms with E-state index in [2.05, 4.69) is 53.7 Å². The van der Waals surface area contributed by atoms with Crippen molar-refractivity contribution in [1.82, 2.24) is 0 Å². The molecule has 134 valence electrons. The summed E-state index contributed by atoms with van der Waals surface area (Å²) in [7, 11) is 0. The van der Waals surface area contributed by atoms with E-state index in [-0.39, 0.29) is 22.9 Å². The average molecular weight is 331 g/mol. The van der Waals surface area contributed by atoms with Crippen LogP contribution in [0.5, 0.6) is 5.75 Å². The fraction of sp³-hybridized carbons (Fsp3) is 0.667. The van der Waals surface area contributed by atoms with Gasteiger partial charge in [-0.05, 0) is 35.3 Å². The number of nitrogens with two attached hydrogens (primary N) is 1. The first-order chi connectivity index (χ1) is 11.0.